The maximum Gasteiger partial charge on any atom is 0.0886 e. The van der Waals surface area contributed by atoms with Crippen LogP contribution in [0.2, 0.25) is 0 Å². The van der Waals surface area contributed by atoms with E-state index in [4.69, 9.17) is 10.6 Å². The predicted octanol–water partition coefficient (Wildman–Crippen LogP) is 4.00. The van der Waals surface area contributed by atoms with Crippen LogP contribution in [0.5, 0.6) is 0 Å². The number of nitrogens with one attached hydrogen (secondary N) is 1. The second-order valence-electron chi connectivity index (χ2n) is 6.24. The summed E-state index contributed by atoms with van der Waals surface area (Å²) < 4.78 is 7.34. The fourth-order valence-electron chi connectivity index (χ4n) is 3.63. The molecular weight excluding hydrogens is 280 g/mol. The highest BCUT2D eigenvalue weighted by Crippen LogP contribution is 2.44. The van der Waals surface area contributed by atoms with Crippen molar-refractivity contribution in [3.63, 3.8) is 0 Å². The number of nitrogens with two attached hydrogens (primary N) is 1. The van der Waals surface area contributed by atoms with Crippen molar-refractivity contribution in [3.05, 3.63) is 35.2 Å². The molecule has 21 heavy (non-hydrogen) atoms. The van der Waals surface area contributed by atoms with Gasteiger partial charge in [0.15, 0.2) is 0 Å². The Bertz CT molecular complexity index is 602. The zero-order valence-electron chi connectivity index (χ0n) is 12.8. The molecule has 1 aliphatic carbocycles. The quantitative estimate of drug-likeness (QED) is 0.663. The molecule has 0 amide bonds. The van der Waals surface area contributed by atoms with E-state index in [0.29, 0.717) is 0 Å². The molecule has 0 aliphatic heterocycles. The molecular formula is C17H24N2OS. The first-order valence-electron chi connectivity index (χ1n) is 7.67. The lowest BCUT2D eigenvalue weighted by atomic mass is 9.73. The number of thiophene rings is 1. The smallest absolute Gasteiger partial charge is 0.0886 e. The van der Waals surface area contributed by atoms with Crippen LogP contribution in [0.15, 0.2) is 29.6 Å². The molecule has 114 valence electrons. The second kappa shape index (κ2) is 6.05. The molecule has 3 rings (SSSR count). The maximum atomic E-state index is 6.02. The van der Waals surface area contributed by atoms with Gasteiger partial charge < -0.3 is 4.74 Å². The van der Waals surface area contributed by atoms with Crippen LogP contribution in [-0.4, -0.2) is 12.7 Å². The molecule has 1 atom stereocenters. The van der Waals surface area contributed by atoms with Crippen LogP contribution in [0.1, 0.15) is 44.2 Å². The molecule has 1 unspecified atom stereocenters. The van der Waals surface area contributed by atoms with Gasteiger partial charge in [-0.3, -0.25) is 11.3 Å². The molecule has 0 saturated heterocycles. The molecule has 1 saturated carbocycles. The molecule has 3 N–H and O–H groups in total. The van der Waals surface area contributed by atoms with Gasteiger partial charge in [-0.1, -0.05) is 25.1 Å². The summed E-state index contributed by atoms with van der Waals surface area (Å²) in [6.07, 6.45) is 4.52. The van der Waals surface area contributed by atoms with E-state index in [0.717, 1.165) is 18.8 Å². The monoisotopic (exact) mass is 304 g/mol. The van der Waals surface area contributed by atoms with Gasteiger partial charge in [0.25, 0.3) is 0 Å². The lowest BCUT2D eigenvalue weighted by Gasteiger charge is -2.44. The molecule has 1 heterocycles. The van der Waals surface area contributed by atoms with Crippen LogP contribution in [0, 0.1) is 5.92 Å². The average Bonchev–Trinajstić information content (AvgIpc) is 2.99. The summed E-state index contributed by atoms with van der Waals surface area (Å²) in [5.41, 5.74) is 4.13. The van der Waals surface area contributed by atoms with Gasteiger partial charge in [0.1, 0.15) is 0 Å². The molecule has 0 radical (unpaired) electrons. The lowest BCUT2D eigenvalue weighted by Crippen LogP contribution is -2.50. The standard InChI is InChI=1S/C17H24N2OS/c1-12-6-9-17(20-2,10-7-12)16(19-18)14-5-3-4-13-8-11-21-15(13)14/h3-5,8,11-12,16,19H,6-7,9-10,18H2,1-2H3. The van der Waals surface area contributed by atoms with Gasteiger partial charge in [0.2, 0.25) is 0 Å². The normalized spacial score (nSPS) is 27.9. The third-order valence-corrected chi connectivity index (χ3v) is 6.02. The number of rotatable bonds is 4. The highest BCUT2D eigenvalue weighted by atomic mass is 32.1. The Morgan fingerprint density at radius 2 is 2.10 bits per heavy atom. The van der Waals surface area contributed by atoms with E-state index < -0.39 is 0 Å². The van der Waals surface area contributed by atoms with Crippen molar-refractivity contribution in [2.75, 3.05) is 7.11 Å². The highest BCUT2D eigenvalue weighted by Gasteiger charge is 2.42. The molecule has 1 aromatic heterocycles. The van der Waals surface area contributed by atoms with Gasteiger partial charge in [-0.15, -0.1) is 11.3 Å². The van der Waals surface area contributed by atoms with Crippen molar-refractivity contribution in [1.82, 2.24) is 5.43 Å². The van der Waals surface area contributed by atoms with Gasteiger partial charge in [-0.2, -0.15) is 0 Å². The van der Waals surface area contributed by atoms with Gasteiger partial charge >= 0.3 is 0 Å². The van der Waals surface area contributed by atoms with Crippen LogP contribution in [0.3, 0.4) is 0 Å². The highest BCUT2D eigenvalue weighted by molar-refractivity contribution is 7.17. The molecule has 3 nitrogen and oxygen atoms in total. The van der Waals surface area contributed by atoms with E-state index >= 15 is 0 Å². The minimum absolute atomic E-state index is 0.0392. The molecule has 1 aromatic carbocycles. The summed E-state index contributed by atoms with van der Waals surface area (Å²) in [4.78, 5) is 0. The number of hydrazine groups is 1. The van der Waals surface area contributed by atoms with Crippen molar-refractivity contribution in [2.24, 2.45) is 11.8 Å². The molecule has 1 aliphatic rings. The van der Waals surface area contributed by atoms with Crippen LogP contribution in [0.25, 0.3) is 10.1 Å². The Morgan fingerprint density at radius 1 is 1.33 bits per heavy atom. The maximum absolute atomic E-state index is 6.02. The number of fused-ring (bicyclic) bond motifs is 1. The SMILES string of the molecule is COC1(C(NN)c2cccc3ccsc23)CCC(C)CC1. The first kappa shape index (κ1) is 15.0. The summed E-state index contributed by atoms with van der Waals surface area (Å²) in [6.45, 7) is 2.32. The number of benzene rings is 1. The van der Waals surface area contributed by atoms with Crippen LogP contribution < -0.4 is 11.3 Å². The van der Waals surface area contributed by atoms with E-state index in [-0.39, 0.29) is 11.6 Å². The van der Waals surface area contributed by atoms with E-state index in [1.165, 1.54) is 28.5 Å². The first-order valence-corrected chi connectivity index (χ1v) is 8.55. The Kier molecular flexibility index (Phi) is 4.31. The molecule has 0 spiro atoms. The fourth-order valence-corrected chi connectivity index (χ4v) is 4.57. The third kappa shape index (κ3) is 2.61. The van der Waals surface area contributed by atoms with Crippen LogP contribution in [0.4, 0.5) is 0 Å². The molecule has 2 aromatic rings. The number of hydrogen-bond donors (Lipinski definition) is 2. The van der Waals surface area contributed by atoms with Crippen LogP contribution >= 0.6 is 11.3 Å². The largest absolute Gasteiger partial charge is 0.376 e. The number of methoxy groups -OCH3 is 1. The van der Waals surface area contributed by atoms with E-state index in [1.807, 2.05) is 7.11 Å². The molecule has 4 heteroatoms. The second-order valence-corrected chi connectivity index (χ2v) is 7.15. The minimum atomic E-state index is -0.195. The van der Waals surface area contributed by atoms with Gasteiger partial charge in [-0.25, -0.2) is 0 Å². The summed E-state index contributed by atoms with van der Waals surface area (Å²) in [7, 11) is 1.83. The minimum Gasteiger partial charge on any atom is -0.376 e. The van der Waals surface area contributed by atoms with Gasteiger partial charge in [0, 0.05) is 11.8 Å². The Hall–Kier alpha value is -0.940. The lowest BCUT2D eigenvalue weighted by molar-refractivity contribution is -0.0758. The summed E-state index contributed by atoms with van der Waals surface area (Å²) in [6, 6.07) is 8.66. The first-order chi connectivity index (χ1) is 10.2. The van der Waals surface area contributed by atoms with Gasteiger partial charge in [-0.05, 0) is 54.0 Å². The Labute approximate surface area is 130 Å². The fraction of sp³-hybridized carbons (Fsp3) is 0.529. The topological polar surface area (TPSA) is 47.3 Å². The third-order valence-electron chi connectivity index (χ3n) is 5.04. The van der Waals surface area contributed by atoms with Gasteiger partial charge in [0.05, 0.1) is 11.6 Å². The molecule has 1 fully saturated rings. The summed E-state index contributed by atoms with van der Waals surface area (Å²) >= 11 is 1.78. The van der Waals surface area contributed by atoms with Crippen LogP contribution in [-0.2, 0) is 4.74 Å². The summed E-state index contributed by atoms with van der Waals surface area (Å²) in [5, 5.41) is 3.43. The van der Waals surface area contributed by atoms with Crippen molar-refractivity contribution in [2.45, 2.75) is 44.2 Å². The zero-order valence-corrected chi connectivity index (χ0v) is 13.6. The van der Waals surface area contributed by atoms with Crippen molar-refractivity contribution in [3.8, 4) is 0 Å². The van der Waals surface area contributed by atoms with E-state index in [9.17, 15) is 0 Å². The Balaban J connectivity index is 2.02. The van der Waals surface area contributed by atoms with Crippen molar-refractivity contribution in [1.29, 1.82) is 0 Å². The average molecular weight is 304 g/mol. The van der Waals surface area contributed by atoms with E-state index in [1.54, 1.807) is 11.3 Å². The summed E-state index contributed by atoms with van der Waals surface area (Å²) in [5.74, 6) is 6.75. The number of hydrogen-bond acceptors (Lipinski definition) is 4. The van der Waals surface area contributed by atoms with E-state index in [2.05, 4.69) is 42.0 Å². The predicted molar refractivity (Wildman–Crippen MR) is 89.3 cm³/mol. The number of ether oxygens (including phenoxy) is 1. The Morgan fingerprint density at radius 3 is 2.76 bits per heavy atom. The zero-order chi connectivity index (χ0) is 14.9. The van der Waals surface area contributed by atoms with Crippen molar-refractivity contribution >= 4 is 21.4 Å². The molecule has 0 bridgehead atoms. The van der Waals surface area contributed by atoms with Crippen molar-refractivity contribution < 1.29 is 4.74 Å².